The van der Waals surface area contributed by atoms with E-state index in [-0.39, 0.29) is 17.7 Å². The van der Waals surface area contributed by atoms with Crippen molar-refractivity contribution in [3.05, 3.63) is 70.9 Å². The molecule has 0 spiro atoms. The number of hydrogen-bond acceptors (Lipinski definition) is 5. The summed E-state index contributed by atoms with van der Waals surface area (Å²) in [5.74, 6) is 1.26. The molecule has 1 atom stereocenters. The first-order valence-corrected chi connectivity index (χ1v) is 11.5. The van der Waals surface area contributed by atoms with Crippen molar-refractivity contribution in [2.45, 2.75) is 39.7 Å². The number of carbonyl (C=O) groups excluding carboxylic acids is 1. The minimum Gasteiger partial charge on any atom is -0.507 e. The summed E-state index contributed by atoms with van der Waals surface area (Å²) >= 11 is 0. The third-order valence-corrected chi connectivity index (χ3v) is 6.18. The van der Waals surface area contributed by atoms with Crippen molar-refractivity contribution in [1.82, 2.24) is 15.1 Å². The smallest absolute Gasteiger partial charge is 0.273 e. The van der Waals surface area contributed by atoms with Crippen LogP contribution in [0.2, 0.25) is 0 Å². The lowest BCUT2D eigenvalue weighted by molar-refractivity contribution is 0.0741. The molecule has 4 rings (SSSR count). The van der Waals surface area contributed by atoms with E-state index in [0.29, 0.717) is 41.6 Å². The fourth-order valence-electron chi connectivity index (χ4n) is 4.57. The monoisotopic (exact) mass is 461 g/mol. The number of nitrogens with zero attached hydrogens (tertiary/aromatic N) is 2. The summed E-state index contributed by atoms with van der Waals surface area (Å²) in [6.45, 7) is 10.6. The minimum absolute atomic E-state index is 0.0954. The topological polar surface area (TPSA) is 87.7 Å². The number of unbranched alkanes of at least 4 members (excludes halogenated alkanes) is 1. The number of nitrogens with one attached hydrogen (secondary N) is 1. The van der Waals surface area contributed by atoms with Gasteiger partial charge in [-0.2, -0.15) is 5.10 Å². The van der Waals surface area contributed by atoms with Crippen LogP contribution in [0.25, 0.3) is 11.3 Å². The highest BCUT2D eigenvalue weighted by Gasteiger charge is 2.42. The first kappa shape index (κ1) is 23.4. The number of aromatic nitrogens is 2. The van der Waals surface area contributed by atoms with Gasteiger partial charge in [0.1, 0.15) is 23.7 Å². The molecule has 0 aliphatic carbocycles. The summed E-state index contributed by atoms with van der Waals surface area (Å²) in [5.41, 5.74) is 5.09. The third kappa shape index (κ3) is 4.02. The number of carbonyl (C=O) groups is 1. The zero-order valence-electron chi connectivity index (χ0n) is 20.1. The number of fused-ring (bicyclic) bond motifs is 1. The number of aryl methyl sites for hydroxylation is 2. The van der Waals surface area contributed by atoms with Gasteiger partial charge in [-0.25, -0.2) is 0 Å². The van der Waals surface area contributed by atoms with Gasteiger partial charge in [-0.1, -0.05) is 38.1 Å². The second-order valence-corrected chi connectivity index (χ2v) is 8.60. The van der Waals surface area contributed by atoms with Crippen LogP contribution in [0.15, 0.2) is 43.0 Å². The lowest BCUT2D eigenvalue weighted by atomic mass is 9.93. The van der Waals surface area contributed by atoms with Gasteiger partial charge in [0.15, 0.2) is 11.5 Å². The maximum atomic E-state index is 13.4. The number of hydrogen-bond donors (Lipinski definition) is 2. The van der Waals surface area contributed by atoms with Gasteiger partial charge < -0.3 is 19.5 Å². The van der Waals surface area contributed by atoms with Crippen molar-refractivity contribution in [2.24, 2.45) is 0 Å². The van der Waals surface area contributed by atoms with Gasteiger partial charge >= 0.3 is 0 Å². The maximum absolute atomic E-state index is 13.4. The highest BCUT2D eigenvalue weighted by molar-refractivity contribution is 6.00. The average molecular weight is 462 g/mol. The molecule has 2 aromatic carbocycles. The van der Waals surface area contributed by atoms with Gasteiger partial charge in [0.25, 0.3) is 5.91 Å². The highest BCUT2D eigenvalue weighted by atomic mass is 16.5. The molecule has 0 saturated heterocycles. The van der Waals surface area contributed by atoms with Gasteiger partial charge in [0.2, 0.25) is 0 Å². The maximum Gasteiger partial charge on any atom is 0.273 e. The molecule has 1 aliphatic heterocycles. The molecule has 0 fully saturated rings. The zero-order valence-corrected chi connectivity index (χ0v) is 20.1. The molecule has 0 saturated carbocycles. The second-order valence-electron chi connectivity index (χ2n) is 8.60. The van der Waals surface area contributed by atoms with Crippen LogP contribution in [-0.2, 0) is 0 Å². The number of phenols is 1. The molecule has 0 radical (unpaired) electrons. The molecule has 1 amide bonds. The molecule has 1 aliphatic rings. The number of rotatable bonds is 9. The van der Waals surface area contributed by atoms with Crippen LogP contribution >= 0.6 is 0 Å². The van der Waals surface area contributed by atoms with E-state index in [1.54, 1.807) is 13.2 Å². The molecular weight excluding hydrogens is 430 g/mol. The Bertz CT molecular complexity index is 1230. The third-order valence-electron chi connectivity index (χ3n) is 6.18. The van der Waals surface area contributed by atoms with Crippen LogP contribution < -0.4 is 9.47 Å². The quantitative estimate of drug-likeness (QED) is 0.421. The number of ether oxygens (including phenoxy) is 2. The number of aromatic hydroxyl groups is 1. The SMILES string of the molecule is C=CCOc1ccc(C2c3c(-c4cc(C)cc(C)c4O)n[nH]c3C(=O)N2CCCC)cc1OC. The Balaban J connectivity index is 1.88. The highest BCUT2D eigenvalue weighted by Crippen LogP contribution is 2.46. The Morgan fingerprint density at radius 2 is 2.03 bits per heavy atom. The van der Waals surface area contributed by atoms with Crippen LogP contribution in [-0.4, -0.2) is 46.4 Å². The van der Waals surface area contributed by atoms with Crippen molar-refractivity contribution in [1.29, 1.82) is 0 Å². The average Bonchev–Trinajstić information content (AvgIpc) is 3.37. The Kier molecular flexibility index (Phi) is 6.63. The van der Waals surface area contributed by atoms with E-state index in [0.717, 1.165) is 35.1 Å². The molecule has 2 heterocycles. The fourth-order valence-corrected chi connectivity index (χ4v) is 4.57. The van der Waals surface area contributed by atoms with Crippen molar-refractivity contribution in [2.75, 3.05) is 20.3 Å². The van der Waals surface area contributed by atoms with Crippen molar-refractivity contribution >= 4 is 5.91 Å². The Morgan fingerprint density at radius 3 is 2.74 bits per heavy atom. The van der Waals surface area contributed by atoms with E-state index in [1.165, 1.54) is 0 Å². The van der Waals surface area contributed by atoms with E-state index >= 15 is 0 Å². The van der Waals surface area contributed by atoms with Crippen LogP contribution in [0.1, 0.15) is 58.5 Å². The predicted molar refractivity (Wildman–Crippen MR) is 132 cm³/mol. The van der Waals surface area contributed by atoms with Crippen molar-refractivity contribution in [3.63, 3.8) is 0 Å². The number of methoxy groups -OCH3 is 1. The first-order chi connectivity index (χ1) is 16.4. The largest absolute Gasteiger partial charge is 0.507 e. The Hall–Kier alpha value is -3.74. The molecule has 34 heavy (non-hydrogen) atoms. The molecule has 7 heteroatoms. The van der Waals surface area contributed by atoms with Gasteiger partial charge in [-0.15, -0.1) is 0 Å². The Morgan fingerprint density at radius 1 is 1.24 bits per heavy atom. The van der Waals surface area contributed by atoms with Gasteiger partial charge in [-0.05, 0) is 55.2 Å². The molecule has 0 bridgehead atoms. The predicted octanol–water partition coefficient (Wildman–Crippen LogP) is 5.32. The molecule has 1 aromatic heterocycles. The van der Waals surface area contributed by atoms with Gasteiger partial charge in [0.05, 0.1) is 13.2 Å². The molecule has 1 unspecified atom stereocenters. The number of amides is 1. The lowest BCUT2D eigenvalue weighted by Gasteiger charge is -2.27. The van der Waals surface area contributed by atoms with Crippen LogP contribution in [0.4, 0.5) is 0 Å². The molecule has 2 N–H and O–H groups in total. The molecule has 7 nitrogen and oxygen atoms in total. The molecule has 3 aromatic rings. The van der Waals surface area contributed by atoms with Crippen LogP contribution in [0.3, 0.4) is 0 Å². The summed E-state index contributed by atoms with van der Waals surface area (Å²) in [4.78, 5) is 15.3. The summed E-state index contributed by atoms with van der Waals surface area (Å²) < 4.78 is 11.3. The van der Waals surface area contributed by atoms with Crippen LogP contribution in [0, 0.1) is 13.8 Å². The Labute approximate surface area is 200 Å². The summed E-state index contributed by atoms with van der Waals surface area (Å²) in [7, 11) is 1.59. The summed E-state index contributed by atoms with van der Waals surface area (Å²) in [6, 6.07) is 9.17. The summed E-state index contributed by atoms with van der Waals surface area (Å²) in [5, 5.41) is 18.3. The van der Waals surface area contributed by atoms with Crippen LogP contribution in [0.5, 0.6) is 17.2 Å². The number of H-pyrrole nitrogens is 1. The number of aromatic amines is 1. The second kappa shape index (κ2) is 9.63. The molecule has 178 valence electrons. The lowest BCUT2D eigenvalue weighted by Crippen LogP contribution is -2.30. The van der Waals surface area contributed by atoms with E-state index in [9.17, 15) is 9.90 Å². The summed E-state index contributed by atoms with van der Waals surface area (Å²) in [6.07, 6.45) is 3.52. The normalized spacial score (nSPS) is 14.9. The standard InChI is InChI=1S/C27H31N3O4/c1-6-8-11-30-25(18-9-10-20(34-12-7-2)21(15-18)33-5)22-23(28-29-24(22)27(30)32)19-14-16(3)13-17(4)26(19)31/h7,9-10,13-15,25,31H,2,6,8,11-12H2,1,3-5H3,(H,28,29). The number of phenolic OH excluding ortho intramolecular Hbond substituents is 1. The number of benzene rings is 2. The zero-order chi connectivity index (χ0) is 24.4. The molecular formula is C27H31N3O4. The van der Waals surface area contributed by atoms with E-state index < -0.39 is 0 Å². The van der Waals surface area contributed by atoms with E-state index in [4.69, 9.17) is 9.47 Å². The van der Waals surface area contributed by atoms with Gasteiger partial charge in [0, 0.05) is 17.7 Å². The van der Waals surface area contributed by atoms with E-state index in [2.05, 4.69) is 23.7 Å². The van der Waals surface area contributed by atoms with E-state index in [1.807, 2.05) is 49.1 Å². The van der Waals surface area contributed by atoms with Gasteiger partial charge in [-0.3, -0.25) is 9.89 Å². The van der Waals surface area contributed by atoms with Crippen molar-refractivity contribution < 1.29 is 19.4 Å². The first-order valence-electron chi connectivity index (χ1n) is 11.5. The minimum atomic E-state index is -0.370. The van der Waals surface area contributed by atoms with Crippen molar-refractivity contribution in [3.8, 4) is 28.5 Å². The fraction of sp³-hybridized carbons (Fsp3) is 0.333.